The van der Waals surface area contributed by atoms with Gasteiger partial charge >= 0.3 is 5.97 Å². The summed E-state index contributed by atoms with van der Waals surface area (Å²) in [5, 5.41) is 8.77. The third-order valence-corrected chi connectivity index (χ3v) is 3.69. The zero-order chi connectivity index (χ0) is 14.0. The number of aliphatic carboxylic acids is 1. The average molecular weight is 323 g/mol. The van der Waals surface area contributed by atoms with Gasteiger partial charge in [-0.05, 0) is 22.9 Å². The smallest absolute Gasteiger partial charge is 0.303 e. The van der Waals surface area contributed by atoms with Crippen molar-refractivity contribution in [3.05, 3.63) is 40.1 Å². The van der Waals surface area contributed by atoms with Crippen LogP contribution in [0.3, 0.4) is 0 Å². The Labute approximate surface area is 120 Å². The quantitative estimate of drug-likeness (QED) is 0.940. The molecule has 0 amide bonds. The van der Waals surface area contributed by atoms with Gasteiger partial charge in [0, 0.05) is 19.0 Å². The van der Waals surface area contributed by atoms with Crippen LogP contribution >= 0.6 is 15.9 Å². The molecule has 0 saturated heterocycles. The lowest BCUT2D eigenvalue weighted by atomic mass is 10.1. The Kier molecular flexibility index (Phi) is 4.04. The lowest BCUT2D eigenvalue weighted by molar-refractivity contribution is -0.136. The number of rotatable bonds is 4. The number of nitrogens with zero attached hydrogens (tertiary/aromatic N) is 2. The van der Waals surface area contributed by atoms with Crippen LogP contribution in [0.1, 0.15) is 17.7 Å². The van der Waals surface area contributed by atoms with Crippen LogP contribution in [0.15, 0.2) is 28.9 Å². The van der Waals surface area contributed by atoms with Crippen LogP contribution in [0.5, 0.6) is 0 Å². The van der Waals surface area contributed by atoms with Crippen molar-refractivity contribution >= 4 is 21.9 Å². The van der Waals surface area contributed by atoms with Gasteiger partial charge in [-0.1, -0.05) is 29.8 Å². The maximum absolute atomic E-state index is 10.7. The van der Waals surface area contributed by atoms with Crippen molar-refractivity contribution in [1.82, 2.24) is 9.55 Å². The molecule has 1 aromatic heterocycles. The molecule has 0 atom stereocenters. The molecule has 0 fully saturated rings. The van der Waals surface area contributed by atoms with Gasteiger partial charge in [0.15, 0.2) is 0 Å². The Morgan fingerprint density at radius 1 is 1.37 bits per heavy atom. The fourth-order valence-electron chi connectivity index (χ4n) is 1.96. The van der Waals surface area contributed by atoms with Crippen molar-refractivity contribution in [2.75, 3.05) is 0 Å². The molecule has 1 aromatic carbocycles. The number of hydrogen-bond donors (Lipinski definition) is 1. The van der Waals surface area contributed by atoms with Crippen LogP contribution in [0.25, 0.3) is 11.4 Å². The first-order chi connectivity index (χ1) is 8.99. The second-order valence-electron chi connectivity index (χ2n) is 4.49. The summed E-state index contributed by atoms with van der Waals surface area (Å²) in [4.78, 5) is 15.1. The molecular weight excluding hydrogens is 308 g/mol. The average Bonchev–Trinajstić information content (AvgIpc) is 2.63. The molecule has 0 unspecified atom stereocenters. The Hall–Kier alpha value is -1.62. The van der Waals surface area contributed by atoms with E-state index in [-0.39, 0.29) is 6.42 Å². The van der Waals surface area contributed by atoms with Crippen molar-refractivity contribution in [2.45, 2.75) is 19.8 Å². The molecule has 2 aromatic rings. The highest BCUT2D eigenvalue weighted by Crippen LogP contribution is 2.26. The van der Waals surface area contributed by atoms with Gasteiger partial charge in [-0.25, -0.2) is 4.98 Å². The molecule has 4 nitrogen and oxygen atoms in total. The molecule has 0 aliphatic heterocycles. The van der Waals surface area contributed by atoms with Gasteiger partial charge in [0.05, 0.1) is 12.1 Å². The molecule has 5 heteroatoms. The molecule has 1 heterocycles. The molecule has 0 aliphatic rings. The van der Waals surface area contributed by atoms with E-state index >= 15 is 0 Å². The fraction of sp³-hybridized carbons (Fsp3) is 0.286. The van der Waals surface area contributed by atoms with Crippen molar-refractivity contribution in [2.24, 2.45) is 7.05 Å². The van der Waals surface area contributed by atoms with Crippen LogP contribution in [0, 0.1) is 6.92 Å². The summed E-state index contributed by atoms with van der Waals surface area (Å²) in [6.07, 6.45) is 0.566. The second kappa shape index (κ2) is 5.57. The molecule has 0 spiro atoms. The van der Waals surface area contributed by atoms with Crippen molar-refractivity contribution in [1.29, 1.82) is 0 Å². The van der Waals surface area contributed by atoms with E-state index in [9.17, 15) is 4.79 Å². The lowest BCUT2D eigenvalue weighted by Gasteiger charge is -2.05. The number of imidazole rings is 1. The summed E-state index contributed by atoms with van der Waals surface area (Å²) < 4.78 is 2.66. The maximum Gasteiger partial charge on any atom is 0.303 e. The fourth-order valence-corrected chi connectivity index (χ4v) is 2.59. The predicted octanol–water partition coefficient (Wildman–Crippen LogP) is 3.18. The molecule has 100 valence electrons. The van der Waals surface area contributed by atoms with Gasteiger partial charge in [0.25, 0.3) is 0 Å². The first kappa shape index (κ1) is 13.8. The van der Waals surface area contributed by atoms with E-state index < -0.39 is 5.97 Å². The van der Waals surface area contributed by atoms with Crippen LogP contribution in [0.2, 0.25) is 0 Å². The topological polar surface area (TPSA) is 55.1 Å². The minimum atomic E-state index is -0.801. The van der Waals surface area contributed by atoms with E-state index in [1.807, 2.05) is 42.8 Å². The molecule has 0 saturated carbocycles. The summed E-state index contributed by atoms with van der Waals surface area (Å²) >= 11 is 3.40. The Bertz CT molecular complexity index is 603. The first-order valence-electron chi connectivity index (χ1n) is 5.99. The van der Waals surface area contributed by atoms with E-state index in [1.165, 1.54) is 5.56 Å². The number of halogens is 1. The van der Waals surface area contributed by atoms with Gasteiger partial charge in [0.2, 0.25) is 0 Å². The first-order valence-corrected chi connectivity index (χ1v) is 6.78. The molecule has 0 radical (unpaired) electrons. The minimum absolute atomic E-state index is 0.103. The van der Waals surface area contributed by atoms with E-state index in [1.54, 1.807) is 0 Å². The van der Waals surface area contributed by atoms with Crippen LogP contribution < -0.4 is 0 Å². The summed E-state index contributed by atoms with van der Waals surface area (Å²) in [6.45, 7) is 2.04. The summed E-state index contributed by atoms with van der Waals surface area (Å²) in [5.41, 5.74) is 3.12. The van der Waals surface area contributed by atoms with Crippen LogP contribution in [-0.2, 0) is 18.3 Å². The summed E-state index contributed by atoms with van der Waals surface area (Å²) in [7, 11) is 1.91. The molecule has 2 rings (SSSR count). The van der Waals surface area contributed by atoms with Gasteiger partial charge in [0.1, 0.15) is 10.4 Å². The maximum atomic E-state index is 10.7. The zero-order valence-corrected chi connectivity index (χ0v) is 12.4. The van der Waals surface area contributed by atoms with E-state index in [0.29, 0.717) is 11.0 Å². The number of aryl methyl sites for hydroxylation is 1. The molecule has 1 N–H and O–H groups in total. The van der Waals surface area contributed by atoms with E-state index in [4.69, 9.17) is 5.11 Å². The van der Waals surface area contributed by atoms with Crippen molar-refractivity contribution in [3.8, 4) is 11.4 Å². The van der Waals surface area contributed by atoms with Gasteiger partial charge in [-0.3, -0.25) is 4.79 Å². The third kappa shape index (κ3) is 3.04. The number of hydrogen-bond acceptors (Lipinski definition) is 2. The van der Waals surface area contributed by atoms with Crippen molar-refractivity contribution in [3.63, 3.8) is 0 Å². The number of aromatic nitrogens is 2. The Balaban J connectivity index is 2.35. The number of carboxylic acids is 1. The highest BCUT2D eigenvalue weighted by Gasteiger charge is 2.14. The van der Waals surface area contributed by atoms with Crippen LogP contribution in [-0.4, -0.2) is 20.6 Å². The molecule has 19 heavy (non-hydrogen) atoms. The highest BCUT2D eigenvalue weighted by molar-refractivity contribution is 9.10. The van der Waals surface area contributed by atoms with E-state index in [2.05, 4.69) is 20.9 Å². The Morgan fingerprint density at radius 3 is 2.58 bits per heavy atom. The number of carbonyl (C=O) groups is 1. The molecule has 0 bridgehead atoms. The Morgan fingerprint density at radius 2 is 2.00 bits per heavy atom. The van der Waals surface area contributed by atoms with Gasteiger partial charge in [-0.15, -0.1) is 0 Å². The number of benzene rings is 1. The second-order valence-corrected chi connectivity index (χ2v) is 5.24. The largest absolute Gasteiger partial charge is 0.481 e. The van der Waals surface area contributed by atoms with Crippen molar-refractivity contribution < 1.29 is 9.90 Å². The SMILES string of the molecule is Cc1ccc(-c2nc(Br)c(CCC(=O)O)n2C)cc1. The normalized spacial score (nSPS) is 10.7. The molecule has 0 aliphatic carbocycles. The van der Waals surface area contributed by atoms with Crippen LogP contribution in [0.4, 0.5) is 0 Å². The summed E-state index contributed by atoms with van der Waals surface area (Å²) in [6, 6.07) is 8.11. The van der Waals surface area contributed by atoms with E-state index in [0.717, 1.165) is 17.1 Å². The minimum Gasteiger partial charge on any atom is -0.481 e. The van der Waals surface area contributed by atoms with Gasteiger partial charge in [-0.2, -0.15) is 0 Å². The lowest BCUT2D eigenvalue weighted by Crippen LogP contribution is -2.03. The molecular formula is C14H15BrN2O2. The highest BCUT2D eigenvalue weighted by atomic mass is 79.9. The summed E-state index contributed by atoms with van der Waals surface area (Å²) in [5.74, 6) is 0.0391. The zero-order valence-electron chi connectivity index (χ0n) is 10.9. The predicted molar refractivity (Wildman–Crippen MR) is 77.0 cm³/mol. The monoisotopic (exact) mass is 322 g/mol. The van der Waals surface area contributed by atoms with Gasteiger partial charge < -0.3 is 9.67 Å². The standard InChI is InChI=1S/C14H15BrN2O2/c1-9-3-5-10(6-4-9)14-16-13(15)11(17(14)2)7-8-12(18)19/h3-6H,7-8H2,1-2H3,(H,18,19). The number of carboxylic acid groups (broad SMARTS) is 1. The third-order valence-electron chi connectivity index (χ3n) is 3.05.